The van der Waals surface area contributed by atoms with E-state index in [1.807, 2.05) is 25.1 Å². The van der Waals surface area contributed by atoms with Crippen molar-refractivity contribution in [3.05, 3.63) is 95.1 Å². The van der Waals surface area contributed by atoms with Gasteiger partial charge in [0.05, 0.1) is 11.1 Å². The van der Waals surface area contributed by atoms with Gasteiger partial charge in [0.1, 0.15) is 0 Å². The summed E-state index contributed by atoms with van der Waals surface area (Å²) in [5.74, 6) is 0.0563. The van der Waals surface area contributed by atoms with E-state index in [0.717, 1.165) is 24.0 Å². The second-order valence-corrected chi connectivity index (χ2v) is 8.01. The van der Waals surface area contributed by atoms with E-state index in [-0.39, 0.29) is 5.75 Å². The molecule has 4 heteroatoms. The number of hydrogen-bond donors (Lipinski definition) is 0. The van der Waals surface area contributed by atoms with Gasteiger partial charge in [0, 0.05) is 0 Å². The maximum Gasteiger partial charge on any atom is 0.343 e. The largest absolute Gasteiger partial charge is 0.419 e. The molecule has 1 aliphatic carbocycles. The number of carbonyl (C=O) groups is 2. The van der Waals surface area contributed by atoms with Gasteiger partial charge in [0.2, 0.25) is 0 Å². The second-order valence-electron chi connectivity index (χ2n) is 8.01. The van der Waals surface area contributed by atoms with Crippen LogP contribution in [-0.2, 0) is 0 Å². The first-order valence-electron chi connectivity index (χ1n) is 10.8. The Morgan fingerprint density at radius 1 is 0.742 bits per heavy atom. The summed E-state index contributed by atoms with van der Waals surface area (Å²) >= 11 is 0. The minimum Gasteiger partial charge on any atom is -0.419 e. The number of carbonyl (C=O) groups excluding carboxylic acids is 2. The first-order valence-corrected chi connectivity index (χ1v) is 10.8. The van der Waals surface area contributed by atoms with Crippen molar-refractivity contribution in [1.82, 2.24) is 0 Å². The Labute approximate surface area is 182 Å². The van der Waals surface area contributed by atoms with Gasteiger partial charge in [-0.25, -0.2) is 9.59 Å². The molecule has 4 rings (SSSR count). The van der Waals surface area contributed by atoms with E-state index in [1.54, 1.807) is 48.5 Å². The fraction of sp³-hybridized carbons (Fsp3) is 0.259. The molecule has 3 aromatic rings. The summed E-state index contributed by atoms with van der Waals surface area (Å²) in [6, 6.07) is 21.6. The standard InChI is InChI=1S/C27H26O4/c1-19-17-23(20-11-5-2-6-12-20)18-24(30-26(28)21-13-7-3-8-14-21)25(19)31-27(29)22-15-9-4-10-16-22/h3-4,7-10,13-18,20H,2,5-6,11-12H2,1H3. The smallest absolute Gasteiger partial charge is 0.343 e. The van der Waals surface area contributed by atoms with Gasteiger partial charge in [-0.15, -0.1) is 0 Å². The van der Waals surface area contributed by atoms with Gasteiger partial charge >= 0.3 is 11.9 Å². The number of hydrogen-bond acceptors (Lipinski definition) is 4. The Morgan fingerprint density at radius 2 is 1.29 bits per heavy atom. The SMILES string of the molecule is Cc1cc(C2CCCCC2)cc(OC(=O)c2ccccc2)c1OC(=O)c1ccccc1. The van der Waals surface area contributed by atoms with Crippen molar-refractivity contribution in [3.8, 4) is 11.5 Å². The van der Waals surface area contributed by atoms with Gasteiger partial charge < -0.3 is 9.47 Å². The van der Waals surface area contributed by atoms with E-state index in [0.29, 0.717) is 22.8 Å². The zero-order chi connectivity index (χ0) is 21.6. The number of rotatable bonds is 5. The van der Waals surface area contributed by atoms with Crippen LogP contribution in [-0.4, -0.2) is 11.9 Å². The van der Waals surface area contributed by atoms with Crippen LogP contribution < -0.4 is 9.47 Å². The van der Waals surface area contributed by atoms with Crippen LogP contribution in [0.3, 0.4) is 0 Å². The molecule has 3 aromatic carbocycles. The van der Waals surface area contributed by atoms with Gasteiger partial charge in [0.15, 0.2) is 11.5 Å². The zero-order valence-electron chi connectivity index (χ0n) is 17.7. The Bertz CT molecular complexity index is 1050. The molecule has 31 heavy (non-hydrogen) atoms. The lowest BCUT2D eigenvalue weighted by Crippen LogP contribution is -2.14. The predicted molar refractivity (Wildman–Crippen MR) is 120 cm³/mol. The number of esters is 2. The molecule has 0 amide bonds. The molecule has 1 saturated carbocycles. The maximum absolute atomic E-state index is 12.8. The molecule has 1 aliphatic rings. The quantitative estimate of drug-likeness (QED) is 0.354. The summed E-state index contributed by atoms with van der Waals surface area (Å²) in [6.45, 7) is 1.89. The first kappa shape index (κ1) is 20.9. The summed E-state index contributed by atoms with van der Waals surface area (Å²) in [5, 5.41) is 0. The minimum absolute atomic E-state index is 0.290. The Hall–Kier alpha value is -3.40. The van der Waals surface area contributed by atoms with Crippen LogP contribution in [0.2, 0.25) is 0 Å². The highest BCUT2D eigenvalue weighted by atomic mass is 16.6. The van der Waals surface area contributed by atoms with Gasteiger partial charge in [0.25, 0.3) is 0 Å². The predicted octanol–water partition coefficient (Wildman–Crippen LogP) is 6.48. The molecule has 158 valence electrons. The molecule has 0 aromatic heterocycles. The van der Waals surface area contributed by atoms with Crippen molar-refractivity contribution in [2.24, 2.45) is 0 Å². The fourth-order valence-corrected chi connectivity index (χ4v) is 4.11. The molecule has 0 bridgehead atoms. The molecule has 0 N–H and O–H groups in total. The summed E-state index contributed by atoms with van der Waals surface area (Å²) in [6.07, 6.45) is 5.91. The summed E-state index contributed by atoms with van der Waals surface area (Å²) < 4.78 is 11.5. The third-order valence-electron chi connectivity index (χ3n) is 5.76. The van der Waals surface area contributed by atoms with Crippen LogP contribution in [0.25, 0.3) is 0 Å². The molecule has 0 atom stereocenters. The Morgan fingerprint density at radius 3 is 1.87 bits per heavy atom. The fourth-order valence-electron chi connectivity index (χ4n) is 4.11. The normalized spacial score (nSPS) is 14.1. The highest BCUT2D eigenvalue weighted by molar-refractivity contribution is 5.93. The second kappa shape index (κ2) is 9.61. The monoisotopic (exact) mass is 414 g/mol. The van der Waals surface area contributed by atoms with Gasteiger partial charge in [-0.1, -0.05) is 61.7 Å². The van der Waals surface area contributed by atoms with Crippen molar-refractivity contribution in [1.29, 1.82) is 0 Å². The Balaban J connectivity index is 1.68. The van der Waals surface area contributed by atoms with E-state index >= 15 is 0 Å². The maximum atomic E-state index is 12.8. The minimum atomic E-state index is -0.480. The lowest BCUT2D eigenvalue weighted by atomic mass is 9.83. The molecule has 0 aliphatic heterocycles. The Kier molecular flexibility index (Phi) is 6.46. The van der Waals surface area contributed by atoms with Crippen LogP contribution >= 0.6 is 0 Å². The molecule has 0 saturated heterocycles. The zero-order valence-corrected chi connectivity index (χ0v) is 17.7. The van der Waals surface area contributed by atoms with E-state index in [9.17, 15) is 9.59 Å². The van der Waals surface area contributed by atoms with E-state index < -0.39 is 11.9 Å². The highest BCUT2D eigenvalue weighted by Gasteiger charge is 2.23. The first-order chi connectivity index (χ1) is 15.1. The highest BCUT2D eigenvalue weighted by Crippen LogP contribution is 2.40. The van der Waals surface area contributed by atoms with E-state index in [4.69, 9.17) is 9.47 Å². The molecule has 0 spiro atoms. The molecule has 1 fully saturated rings. The van der Waals surface area contributed by atoms with Crippen LogP contribution in [0, 0.1) is 6.92 Å². The number of ether oxygens (including phenoxy) is 2. The van der Waals surface area contributed by atoms with E-state index in [2.05, 4.69) is 6.07 Å². The third-order valence-corrected chi connectivity index (χ3v) is 5.76. The van der Waals surface area contributed by atoms with Gasteiger partial charge in [-0.05, 0) is 67.1 Å². The van der Waals surface area contributed by atoms with Crippen LogP contribution in [0.1, 0.15) is 69.9 Å². The number of benzene rings is 3. The summed E-state index contributed by atoms with van der Waals surface area (Å²) in [4.78, 5) is 25.5. The topological polar surface area (TPSA) is 52.6 Å². The van der Waals surface area contributed by atoms with Crippen LogP contribution in [0.5, 0.6) is 11.5 Å². The van der Waals surface area contributed by atoms with Crippen molar-refractivity contribution >= 4 is 11.9 Å². The summed E-state index contributed by atoms with van der Waals surface area (Å²) in [7, 11) is 0. The molecular formula is C27H26O4. The van der Waals surface area contributed by atoms with Crippen LogP contribution in [0.15, 0.2) is 72.8 Å². The third kappa shape index (κ3) is 5.02. The average molecular weight is 415 g/mol. The van der Waals surface area contributed by atoms with E-state index in [1.165, 1.54) is 19.3 Å². The molecule has 4 nitrogen and oxygen atoms in total. The molecule has 0 unspecified atom stereocenters. The van der Waals surface area contributed by atoms with Crippen molar-refractivity contribution < 1.29 is 19.1 Å². The molecular weight excluding hydrogens is 388 g/mol. The van der Waals surface area contributed by atoms with Crippen LogP contribution in [0.4, 0.5) is 0 Å². The van der Waals surface area contributed by atoms with Crippen molar-refractivity contribution in [2.75, 3.05) is 0 Å². The lowest BCUT2D eigenvalue weighted by molar-refractivity contribution is 0.0681. The van der Waals surface area contributed by atoms with Gasteiger partial charge in [-0.3, -0.25) is 0 Å². The summed E-state index contributed by atoms with van der Waals surface area (Å²) in [5.41, 5.74) is 2.80. The lowest BCUT2D eigenvalue weighted by Gasteiger charge is -2.24. The number of aryl methyl sites for hydroxylation is 1. The van der Waals surface area contributed by atoms with Crippen molar-refractivity contribution in [3.63, 3.8) is 0 Å². The molecule has 0 radical (unpaired) electrons. The molecule has 0 heterocycles. The van der Waals surface area contributed by atoms with Crippen molar-refractivity contribution in [2.45, 2.75) is 44.9 Å². The van der Waals surface area contributed by atoms with Gasteiger partial charge in [-0.2, -0.15) is 0 Å². The average Bonchev–Trinajstić information content (AvgIpc) is 2.82.